The summed E-state index contributed by atoms with van der Waals surface area (Å²) in [7, 11) is -20.5. The first-order valence-corrected chi connectivity index (χ1v) is 37.6. The third kappa shape index (κ3) is 11.7. The number of rotatable bonds is 24. The fraction of sp³-hybridized carbons (Fsp3) is 0.0417. The lowest BCUT2D eigenvalue weighted by atomic mass is 10.3. The zero-order valence-electron chi connectivity index (χ0n) is 46.1. The van der Waals surface area contributed by atoms with Gasteiger partial charge in [0.2, 0.25) is 8.32 Å². The Morgan fingerprint density at radius 2 is 0.506 bits per heavy atom. The van der Waals surface area contributed by atoms with Crippen molar-refractivity contribution in [2.75, 3.05) is 6.61 Å². The first-order chi connectivity index (χ1) is 40.9. The molecule has 0 atom stereocenters. The monoisotopic (exact) mass is 1160 g/mol. The number of hydrogen-bond acceptors (Lipinski definition) is 6. The van der Waals surface area contributed by atoms with Crippen molar-refractivity contribution in [3.8, 4) is 0 Å². The van der Waals surface area contributed by atoms with Crippen LogP contribution in [0.25, 0.3) is 0 Å². The fourth-order valence-electron chi connectivity index (χ4n) is 11.4. The quantitative estimate of drug-likeness (QED) is 0.0200. The first kappa shape index (κ1) is 56.4. The highest BCUT2D eigenvalue weighted by Gasteiger charge is 2.64. The van der Waals surface area contributed by atoms with Gasteiger partial charge in [-0.25, -0.2) is 4.79 Å². The van der Waals surface area contributed by atoms with Crippen LogP contribution >= 0.6 is 0 Å². The van der Waals surface area contributed by atoms with Crippen molar-refractivity contribution in [1.82, 2.24) is 0 Å². The smallest absolute Gasteiger partial charge is 0.390 e. The summed E-state index contributed by atoms with van der Waals surface area (Å²) in [6.07, 6.45) is 1.71. The Balaban J connectivity index is 1.28. The minimum absolute atomic E-state index is 0.167. The van der Waals surface area contributed by atoms with Crippen LogP contribution in [-0.2, 0) is 26.0 Å². The van der Waals surface area contributed by atoms with Crippen LogP contribution in [0.3, 0.4) is 0 Å². The average Bonchev–Trinajstić information content (AvgIpc) is 1.44. The number of carbonyl (C=O) groups is 1. The summed E-state index contributed by atoms with van der Waals surface area (Å²) in [4.78, 5) is 12.8. The van der Waals surface area contributed by atoms with Crippen molar-refractivity contribution in [3.63, 3.8) is 0 Å². The molecule has 0 aliphatic carbocycles. The van der Waals surface area contributed by atoms with Crippen LogP contribution in [-0.4, -0.2) is 54.9 Å². The van der Waals surface area contributed by atoms with Crippen LogP contribution in [0.15, 0.2) is 346 Å². The second kappa shape index (κ2) is 26.2. The number of esters is 1. The first-order valence-electron chi connectivity index (χ1n) is 28.1. The minimum Gasteiger partial charge on any atom is -0.463 e. The van der Waals surface area contributed by atoms with Crippen molar-refractivity contribution in [2.45, 2.75) is 12.5 Å². The summed E-state index contributed by atoms with van der Waals surface area (Å²) in [5.41, 5.74) is 0. The van der Waals surface area contributed by atoms with Crippen LogP contribution in [0, 0.1) is 0 Å². The van der Waals surface area contributed by atoms with E-state index in [-0.39, 0.29) is 6.61 Å². The normalized spacial score (nSPS) is 12.0. The summed E-state index contributed by atoms with van der Waals surface area (Å²) in [6, 6.07) is 118. The second-order valence-corrected chi connectivity index (χ2v) is 37.1. The summed E-state index contributed by atoms with van der Waals surface area (Å²) in [5, 5.41) is 10.7. The minimum atomic E-state index is -4.47. The molecule has 0 aromatic heterocycles. The Morgan fingerprint density at radius 1 is 0.289 bits per heavy atom. The lowest BCUT2D eigenvalue weighted by molar-refractivity contribution is -0.137. The molecule has 0 heterocycles. The molecule has 0 aliphatic heterocycles. The maximum absolute atomic E-state index is 12.8. The Morgan fingerprint density at radius 3 is 0.759 bits per heavy atom. The molecule has 83 heavy (non-hydrogen) atoms. The maximum Gasteiger partial charge on any atom is 0.390 e. The van der Waals surface area contributed by atoms with Gasteiger partial charge >= 0.3 is 31.7 Å². The van der Waals surface area contributed by atoms with Gasteiger partial charge in [0, 0.05) is 6.08 Å². The zero-order valence-corrected chi connectivity index (χ0v) is 51.1. The zero-order chi connectivity index (χ0) is 56.7. The molecule has 0 N–H and O–H groups in total. The molecule has 0 saturated carbocycles. The third-order valence-corrected chi connectivity index (χ3v) is 38.3. The van der Waals surface area contributed by atoms with Crippen molar-refractivity contribution in [1.29, 1.82) is 0 Å². The van der Waals surface area contributed by atoms with Gasteiger partial charge < -0.3 is 21.2 Å². The standard InChI is InChI=1S/C72H64O6Si5/c1-2-72(73)74-59-36-60-79(61-37-14-3-15-38-61,62-39-16-4-17-40-62)75-81(66-47-24-8-25-48-66,67-49-26-9-27-50-67)77-83(70-55-32-12-33-56-70,71-57-34-13-35-58-71)78-82(68-51-28-10-29-52-68,69-53-30-11-31-54-69)76-80(63-41-18-5-19-42-63,64-43-20-6-21-44-64)65-45-22-7-23-46-65/h2-35,37-58H,1,36,59-60H2. The number of carbonyl (C=O) groups excluding carboxylic acids is 1. The highest BCUT2D eigenvalue weighted by atomic mass is 28.5. The van der Waals surface area contributed by atoms with Gasteiger partial charge in [-0.2, -0.15) is 0 Å². The number of hydrogen-bond donors (Lipinski definition) is 0. The molecule has 11 rings (SSSR count). The van der Waals surface area contributed by atoms with Crippen LogP contribution < -0.4 is 57.1 Å². The molecule has 11 aromatic rings. The largest absolute Gasteiger partial charge is 0.463 e. The maximum atomic E-state index is 12.8. The van der Waals surface area contributed by atoms with Crippen molar-refractivity contribution >= 4 is 105 Å². The molecule has 0 saturated heterocycles. The molecule has 0 unspecified atom stereocenters. The van der Waals surface area contributed by atoms with Crippen LogP contribution in [0.4, 0.5) is 0 Å². The van der Waals surface area contributed by atoms with Crippen molar-refractivity contribution in [3.05, 3.63) is 346 Å². The molecular formula is C72H64O6Si5. The molecule has 408 valence electrons. The molecule has 0 spiro atoms. The Labute approximate surface area is 493 Å². The van der Waals surface area contributed by atoms with Gasteiger partial charge in [-0.05, 0) is 69.5 Å². The van der Waals surface area contributed by atoms with Gasteiger partial charge in [0.1, 0.15) is 0 Å². The van der Waals surface area contributed by atoms with Crippen LogP contribution in [0.5, 0.6) is 0 Å². The Kier molecular flexibility index (Phi) is 17.8. The second-order valence-electron chi connectivity index (χ2n) is 20.3. The highest BCUT2D eigenvalue weighted by molar-refractivity contribution is 7.17. The SMILES string of the molecule is C=CC(=O)OCCC[Si](O[Si](O[Si](O[Si](O[Si](c1ccccc1)(c1ccccc1)c1ccccc1)(c1ccccc1)c1ccccc1)(c1ccccc1)c1ccccc1)(c1ccccc1)c1ccccc1)(c1ccccc1)c1ccccc1. The highest BCUT2D eigenvalue weighted by Crippen LogP contribution is 2.31. The van der Waals surface area contributed by atoms with Crippen LogP contribution in [0.2, 0.25) is 6.04 Å². The number of ether oxygens (including phenoxy) is 1. The molecule has 11 heteroatoms. The fourth-order valence-corrected chi connectivity index (χ4v) is 39.1. The summed E-state index contributed by atoms with van der Waals surface area (Å²) >= 11 is 0. The van der Waals surface area contributed by atoms with E-state index >= 15 is 0 Å². The molecule has 6 nitrogen and oxygen atoms in total. The molecular weight excluding hydrogens is 1100 g/mol. The topological polar surface area (TPSA) is 63.2 Å². The summed E-state index contributed by atoms with van der Waals surface area (Å²) in [6.45, 7) is 3.87. The van der Waals surface area contributed by atoms with E-state index in [9.17, 15) is 4.79 Å². The van der Waals surface area contributed by atoms with Crippen molar-refractivity contribution < 1.29 is 26.0 Å². The molecule has 0 bridgehead atoms. The van der Waals surface area contributed by atoms with E-state index in [1.54, 1.807) is 0 Å². The van der Waals surface area contributed by atoms with E-state index in [0.717, 1.165) is 57.1 Å². The number of benzene rings is 11. The summed E-state index contributed by atoms with van der Waals surface area (Å²) in [5.74, 6) is -0.470. The van der Waals surface area contributed by atoms with Gasteiger partial charge in [-0.1, -0.05) is 340 Å². The van der Waals surface area contributed by atoms with E-state index in [4.69, 9.17) is 21.2 Å². The molecule has 11 aromatic carbocycles. The van der Waals surface area contributed by atoms with Gasteiger partial charge in [-0.15, -0.1) is 0 Å². The van der Waals surface area contributed by atoms with Crippen molar-refractivity contribution in [2.24, 2.45) is 0 Å². The van der Waals surface area contributed by atoms with Gasteiger partial charge in [0.05, 0.1) is 6.61 Å². The van der Waals surface area contributed by atoms with E-state index in [1.165, 1.54) is 6.08 Å². The van der Waals surface area contributed by atoms with E-state index in [0.29, 0.717) is 12.5 Å². The van der Waals surface area contributed by atoms with Gasteiger partial charge in [0.25, 0.3) is 8.32 Å². The van der Waals surface area contributed by atoms with Crippen LogP contribution in [0.1, 0.15) is 6.42 Å². The average molecular weight is 1170 g/mol. The van der Waals surface area contributed by atoms with E-state index in [2.05, 4.69) is 316 Å². The predicted molar refractivity (Wildman–Crippen MR) is 351 cm³/mol. The van der Waals surface area contributed by atoms with E-state index < -0.39 is 48.3 Å². The third-order valence-electron chi connectivity index (χ3n) is 15.2. The lowest BCUT2D eigenvalue weighted by Gasteiger charge is -2.50. The van der Waals surface area contributed by atoms with E-state index in [1.807, 2.05) is 24.3 Å². The van der Waals surface area contributed by atoms with Gasteiger partial charge in [-0.3, -0.25) is 0 Å². The Hall–Kier alpha value is -8.45. The summed E-state index contributed by atoms with van der Waals surface area (Å²) < 4.78 is 41.9. The van der Waals surface area contributed by atoms with Gasteiger partial charge in [0.15, 0.2) is 0 Å². The predicted octanol–water partition coefficient (Wildman–Crippen LogP) is 8.37. The molecule has 0 aliphatic rings. The molecule has 0 amide bonds. The lowest BCUT2D eigenvalue weighted by Crippen LogP contribution is -2.85. The molecule has 0 fully saturated rings. The Bertz CT molecular complexity index is 3520. The molecule has 0 radical (unpaired) electrons.